The lowest BCUT2D eigenvalue weighted by atomic mass is 10.2. The minimum Gasteiger partial charge on any atom is -0.394 e. The summed E-state index contributed by atoms with van der Waals surface area (Å²) >= 11 is 0. The number of aliphatic hydroxyl groups is 1. The van der Waals surface area contributed by atoms with Gasteiger partial charge in [-0.2, -0.15) is 5.10 Å². The zero-order valence-corrected chi connectivity index (χ0v) is 11.1. The summed E-state index contributed by atoms with van der Waals surface area (Å²) in [7, 11) is 0. The summed E-state index contributed by atoms with van der Waals surface area (Å²) in [6, 6.07) is 0. The Bertz CT molecular complexity index is 347. The Morgan fingerprint density at radius 2 is 1.89 bits per heavy atom. The lowest BCUT2D eigenvalue weighted by Crippen LogP contribution is -2.12. The predicted octanol–water partition coefficient (Wildman–Crippen LogP) is 0.807. The molecular weight excluding hydrogens is 232 g/mol. The first-order valence-electron chi connectivity index (χ1n) is 6.46. The Morgan fingerprint density at radius 1 is 1.11 bits per heavy atom. The third-order valence-corrected chi connectivity index (χ3v) is 2.49. The molecule has 0 saturated carbocycles. The van der Waals surface area contributed by atoms with Crippen molar-refractivity contribution in [1.82, 2.24) is 15.2 Å². The number of hydrogen-bond acceptors (Lipinski definition) is 6. The number of nitrogens with one attached hydrogen (secondary N) is 1. The van der Waals surface area contributed by atoms with Crippen molar-refractivity contribution in [3.05, 3.63) is 11.4 Å². The van der Waals surface area contributed by atoms with Crippen molar-refractivity contribution in [2.75, 3.05) is 31.7 Å². The average Bonchev–Trinajstić information content (AvgIpc) is 2.42. The second-order valence-corrected chi connectivity index (χ2v) is 3.85. The molecule has 1 aromatic rings. The third kappa shape index (κ3) is 4.93. The fraction of sp³-hybridized carbons (Fsp3) is 0.750. The Hall–Kier alpha value is -1.27. The number of hydrogen-bond donors (Lipinski definition) is 2. The summed E-state index contributed by atoms with van der Waals surface area (Å²) < 4.78 is 5.16. The monoisotopic (exact) mass is 254 g/mol. The molecule has 1 aromatic heterocycles. The van der Waals surface area contributed by atoms with E-state index < -0.39 is 0 Å². The molecule has 0 aliphatic rings. The normalized spacial score (nSPS) is 10.6. The highest BCUT2D eigenvalue weighted by Crippen LogP contribution is 2.06. The summed E-state index contributed by atoms with van der Waals surface area (Å²) in [6.07, 6.45) is 2.58. The Morgan fingerprint density at radius 3 is 2.56 bits per heavy atom. The molecule has 6 heteroatoms. The number of anilines is 1. The van der Waals surface area contributed by atoms with Gasteiger partial charge in [0.05, 0.1) is 24.6 Å². The highest BCUT2D eigenvalue weighted by atomic mass is 16.5. The number of rotatable bonds is 9. The van der Waals surface area contributed by atoms with E-state index in [1.54, 1.807) is 0 Å². The molecule has 1 rings (SSSR count). The van der Waals surface area contributed by atoms with Crippen molar-refractivity contribution in [3.63, 3.8) is 0 Å². The van der Waals surface area contributed by atoms with E-state index in [1.807, 2.05) is 0 Å². The van der Waals surface area contributed by atoms with Crippen LogP contribution >= 0.6 is 0 Å². The van der Waals surface area contributed by atoms with E-state index in [0.717, 1.165) is 37.2 Å². The molecule has 0 spiro atoms. The van der Waals surface area contributed by atoms with E-state index in [-0.39, 0.29) is 6.61 Å². The molecule has 0 amide bonds. The SMILES string of the molecule is CCc1nnc(NCCCOCCO)nc1CC. The minimum absolute atomic E-state index is 0.0683. The Kier molecular flexibility index (Phi) is 7.20. The largest absolute Gasteiger partial charge is 0.394 e. The van der Waals surface area contributed by atoms with Gasteiger partial charge in [-0.05, 0) is 19.3 Å². The molecule has 0 aromatic carbocycles. The number of aliphatic hydroxyl groups excluding tert-OH is 1. The molecule has 0 fully saturated rings. The van der Waals surface area contributed by atoms with Crippen molar-refractivity contribution in [3.8, 4) is 0 Å². The van der Waals surface area contributed by atoms with Crippen molar-refractivity contribution >= 4 is 5.95 Å². The van der Waals surface area contributed by atoms with Gasteiger partial charge in [0.1, 0.15) is 0 Å². The van der Waals surface area contributed by atoms with E-state index in [9.17, 15) is 0 Å². The van der Waals surface area contributed by atoms with Crippen LogP contribution in [-0.4, -0.2) is 46.7 Å². The highest BCUT2D eigenvalue weighted by Gasteiger charge is 2.05. The van der Waals surface area contributed by atoms with Crippen LogP contribution in [0.2, 0.25) is 0 Å². The molecule has 0 saturated heterocycles. The smallest absolute Gasteiger partial charge is 0.242 e. The molecule has 0 bridgehead atoms. The Labute approximate surface area is 108 Å². The fourth-order valence-electron chi connectivity index (χ4n) is 1.55. The molecule has 18 heavy (non-hydrogen) atoms. The second-order valence-electron chi connectivity index (χ2n) is 3.85. The predicted molar refractivity (Wildman–Crippen MR) is 69.6 cm³/mol. The first-order valence-corrected chi connectivity index (χ1v) is 6.46. The number of ether oxygens (including phenoxy) is 1. The van der Waals surface area contributed by atoms with Crippen molar-refractivity contribution in [1.29, 1.82) is 0 Å². The zero-order chi connectivity index (χ0) is 13.2. The minimum atomic E-state index is 0.0683. The number of aromatic nitrogens is 3. The lowest BCUT2D eigenvalue weighted by Gasteiger charge is -2.07. The van der Waals surface area contributed by atoms with Crippen LogP contribution in [0, 0.1) is 0 Å². The van der Waals surface area contributed by atoms with Crippen molar-refractivity contribution < 1.29 is 9.84 Å². The van der Waals surface area contributed by atoms with Gasteiger partial charge in [0, 0.05) is 13.2 Å². The third-order valence-electron chi connectivity index (χ3n) is 2.49. The van der Waals surface area contributed by atoms with Crippen LogP contribution in [-0.2, 0) is 17.6 Å². The van der Waals surface area contributed by atoms with E-state index in [4.69, 9.17) is 9.84 Å². The van der Waals surface area contributed by atoms with E-state index >= 15 is 0 Å². The molecule has 0 aliphatic heterocycles. The highest BCUT2D eigenvalue weighted by molar-refractivity contribution is 5.25. The number of aryl methyl sites for hydroxylation is 2. The first-order chi connectivity index (χ1) is 8.81. The maximum atomic E-state index is 8.54. The van der Waals surface area contributed by atoms with Gasteiger partial charge in [-0.1, -0.05) is 13.8 Å². The standard InChI is InChI=1S/C12H22N4O2/c1-3-10-11(4-2)15-16-12(14-10)13-6-5-8-18-9-7-17/h17H,3-9H2,1-2H3,(H,13,14,16). The molecule has 1 heterocycles. The lowest BCUT2D eigenvalue weighted by molar-refractivity contribution is 0.0921. The summed E-state index contributed by atoms with van der Waals surface area (Å²) in [5.74, 6) is 0.575. The van der Waals surface area contributed by atoms with Crippen LogP contribution in [0.25, 0.3) is 0 Å². The molecule has 0 radical (unpaired) electrons. The summed E-state index contributed by atoms with van der Waals surface area (Å²) in [5, 5.41) is 19.9. The van der Waals surface area contributed by atoms with Crippen LogP contribution in [0.15, 0.2) is 0 Å². The quantitative estimate of drug-likeness (QED) is 0.635. The number of nitrogens with zero attached hydrogens (tertiary/aromatic N) is 3. The molecule has 0 unspecified atom stereocenters. The van der Waals surface area contributed by atoms with Gasteiger partial charge in [0.2, 0.25) is 5.95 Å². The van der Waals surface area contributed by atoms with E-state index in [2.05, 4.69) is 34.3 Å². The van der Waals surface area contributed by atoms with Gasteiger partial charge in [-0.15, -0.1) is 5.10 Å². The maximum Gasteiger partial charge on any atom is 0.242 e. The van der Waals surface area contributed by atoms with Gasteiger partial charge < -0.3 is 15.2 Å². The van der Waals surface area contributed by atoms with Crippen LogP contribution < -0.4 is 5.32 Å². The van der Waals surface area contributed by atoms with Gasteiger partial charge in [0.25, 0.3) is 0 Å². The van der Waals surface area contributed by atoms with Gasteiger partial charge in [-0.25, -0.2) is 4.98 Å². The van der Waals surface area contributed by atoms with Crippen molar-refractivity contribution in [2.45, 2.75) is 33.1 Å². The van der Waals surface area contributed by atoms with Gasteiger partial charge in [0.15, 0.2) is 0 Å². The van der Waals surface area contributed by atoms with Crippen LogP contribution in [0.3, 0.4) is 0 Å². The fourth-order valence-corrected chi connectivity index (χ4v) is 1.55. The molecule has 102 valence electrons. The van der Waals surface area contributed by atoms with E-state index in [0.29, 0.717) is 19.2 Å². The Balaban J connectivity index is 2.34. The van der Waals surface area contributed by atoms with Crippen LogP contribution in [0.5, 0.6) is 0 Å². The van der Waals surface area contributed by atoms with Crippen LogP contribution in [0.1, 0.15) is 31.7 Å². The molecular formula is C12H22N4O2. The van der Waals surface area contributed by atoms with Gasteiger partial charge >= 0.3 is 0 Å². The second kappa shape index (κ2) is 8.77. The molecule has 0 aliphatic carbocycles. The summed E-state index contributed by atoms with van der Waals surface area (Å²) in [6.45, 7) is 5.94. The summed E-state index contributed by atoms with van der Waals surface area (Å²) in [5.41, 5.74) is 1.97. The first kappa shape index (κ1) is 14.8. The van der Waals surface area contributed by atoms with Gasteiger partial charge in [-0.3, -0.25) is 0 Å². The topological polar surface area (TPSA) is 80.2 Å². The average molecular weight is 254 g/mol. The molecule has 6 nitrogen and oxygen atoms in total. The summed E-state index contributed by atoms with van der Waals surface area (Å²) in [4.78, 5) is 4.43. The maximum absolute atomic E-state index is 8.54. The van der Waals surface area contributed by atoms with Crippen molar-refractivity contribution in [2.24, 2.45) is 0 Å². The zero-order valence-electron chi connectivity index (χ0n) is 11.1. The molecule has 0 atom stereocenters. The molecule has 2 N–H and O–H groups in total. The van der Waals surface area contributed by atoms with Crippen LogP contribution in [0.4, 0.5) is 5.95 Å². The van der Waals surface area contributed by atoms with E-state index in [1.165, 1.54) is 0 Å².